The van der Waals surface area contributed by atoms with E-state index in [9.17, 15) is 9.59 Å². The molecule has 1 N–H and O–H groups in total. The predicted molar refractivity (Wildman–Crippen MR) is 119 cm³/mol. The number of rotatable bonds is 9. The molecule has 1 atom stereocenters. The lowest BCUT2D eigenvalue weighted by atomic mass is 10.1. The van der Waals surface area contributed by atoms with Crippen LogP contribution in [0.2, 0.25) is 0 Å². The second-order valence-corrected chi connectivity index (χ2v) is 8.02. The average molecular weight is 461 g/mol. The molecule has 29 heavy (non-hydrogen) atoms. The third-order valence-corrected chi connectivity index (χ3v) is 5.36. The molecule has 0 saturated carbocycles. The van der Waals surface area contributed by atoms with E-state index in [-0.39, 0.29) is 18.4 Å². The fraction of sp³-hybridized carbons (Fsp3) is 0.391. The summed E-state index contributed by atoms with van der Waals surface area (Å²) in [7, 11) is 0. The van der Waals surface area contributed by atoms with Gasteiger partial charge in [0.2, 0.25) is 5.91 Å². The molecule has 2 aromatic carbocycles. The fourth-order valence-corrected chi connectivity index (χ4v) is 3.36. The highest BCUT2D eigenvalue weighted by atomic mass is 79.9. The summed E-state index contributed by atoms with van der Waals surface area (Å²) in [5.41, 5.74) is 3.05. The first-order valence-corrected chi connectivity index (χ1v) is 10.6. The van der Waals surface area contributed by atoms with E-state index < -0.39 is 6.04 Å². The highest BCUT2D eigenvalue weighted by molar-refractivity contribution is 9.10. The summed E-state index contributed by atoms with van der Waals surface area (Å²) in [6.07, 6.45) is 0.841. The molecule has 2 aromatic rings. The third-order valence-electron chi connectivity index (χ3n) is 4.86. The van der Waals surface area contributed by atoms with Gasteiger partial charge in [-0.25, -0.2) is 0 Å². The van der Waals surface area contributed by atoms with Crippen LogP contribution < -0.4 is 10.1 Å². The molecule has 0 bridgehead atoms. The van der Waals surface area contributed by atoms with Gasteiger partial charge in [0.1, 0.15) is 11.8 Å². The highest BCUT2D eigenvalue weighted by Crippen LogP contribution is 2.21. The van der Waals surface area contributed by atoms with Crippen molar-refractivity contribution < 1.29 is 14.3 Å². The lowest BCUT2D eigenvalue weighted by Crippen LogP contribution is -2.49. The van der Waals surface area contributed by atoms with Crippen LogP contribution in [0.4, 0.5) is 0 Å². The van der Waals surface area contributed by atoms with E-state index in [1.54, 1.807) is 11.8 Å². The first kappa shape index (κ1) is 22.9. The lowest BCUT2D eigenvalue weighted by molar-refractivity contribution is -0.142. The summed E-state index contributed by atoms with van der Waals surface area (Å²) < 4.78 is 6.73. The van der Waals surface area contributed by atoms with Crippen LogP contribution in [0.15, 0.2) is 46.9 Å². The number of amides is 2. The maximum Gasteiger partial charge on any atom is 0.261 e. The predicted octanol–water partition coefficient (Wildman–Crippen LogP) is 4.39. The number of nitrogens with zero attached hydrogens (tertiary/aromatic N) is 1. The first-order valence-electron chi connectivity index (χ1n) is 9.84. The van der Waals surface area contributed by atoms with Crippen molar-refractivity contribution in [3.05, 3.63) is 63.6 Å². The number of hydrogen-bond acceptors (Lipinski definition) is 3. The van der Waals surface area contributed by atoms with Crippen LogP contribution in [-0.2, 0) is 16.1 Å². The first-order chi connectivity index (χ1) is 13.8. The van der Waals surface area contributed by atoms with Gasteiger partial charge in [0.25, 0.3) is 5.91 Å². The number of carbonyl (C=O) groups is 2. The van der Waals surface area contributed by atoms with Crippen LogP contribution in [0.1, 0.15) is 37.0 Å². The SMILES string of the molecule is CCCNC(=O)C(C)N(Cc1cccc(Br)c1)C(=O)COc1cccc(C)c1C. The van der Waals surface area contributed by atoms with Crippen LogP contribution in [0.25, 0.3) is 0 Å². The molecule has 0 aliphatic heterocycles. The zero-order chi connectivity index (χ0) is 21.4. The van der Waals surface area contributed by atoms with Gasteiger partial charge in [-0.05, 0) is 62.1 Å². The van der Waals surface area contributed by atoms with E-state index in [0.717, 1.165) is 27.6 Å². The van der Waals surface area contributed by atoms with Crippen molar-refractivity contribution in [3.63, 3.8) is 0 Å². The Morgan fingerprint density at radius 3 is 2.59 bits per heavy atom. The number of benzene rings is 2. The van der Waals surface area contributed by atoms with E-state index >= 15 is 0 Å². The van der Waals surface area contributed by atoms with Crippen molar-refractivity contribution in [2.45, 2.75) is 46.7 Å². The van der Waals surface area contributed by atoms with Crippen LogP contribution in [0.3, 0.4) is 0 Å². The summed E-state index contributed by atoms with van der Waals surface area (Å²) in [5, 5.41) is 2.87. The van der Waals surface area contributed by atoms with E-state index in [4.69, 9.17) is 4.74 Å². The largest absolute Gasteiger partial charge is 0.483 e. The normalized spacial score (nSPS) is 11.6. The molecule has 0 aromatic heterocycles. The molecule has 0 heterocycles. The molecule has 2 rings (SSSR count). The van der Waals surface area contributed by atoms with E-state index in [1.165, 1.54) is 0 Å². The number of ether oxygens (including phenoxy) is 1. The number of halogens is 1. The standard InChI is InChI=1S/C23H29BrN2O3/c1-5-12-25-23(28)18(4)26(14-19-9-7-10-20(24)13-19)22(27)15-29-21-11-6-8-16(2)17(21)3/h6-11,13,18H,5,12,14-15H2,1-4H3,(H,25,28). The summed E-state index contributed by atoms with van der Waals surface area (Å²) in [5.74, 6) is 0.288. The quantitative estimate of drug-likeness (QED) is 0.603. The van der Waals surface area contributed by atoms with Gasteiger partial charge in [0.05, 0.1) is 0 Å². The molecule has 5 nitrogen and oxygen atoms in total. The van der Waals surface area contributed by atoms with Gasteiger partial charge in [-0.2, -0.15) is 0 Å². The zero-order valence-corrected chi connectivity index (χ0v) is 19.1. The van der Waals surface area contributed by atoms with Crippen molar-refractivity contribution in [2.24, 2.45) is 0 Å². The molecule has 6 heteroatoms. The number of nitrogens with one attached hydrogen (secondary N) is 1. The Balaban J connectivity index is 2.17. The van der Waals surface area contributed by atoms with Crippen molar-refractivity contribution in [1.82, 2.24) is 10.2 Å². The Labute approximate surface area is 181 Å². The molecule has 0 spiro atoms. The van der Waals surface area contributed by atoms with E-state index in [0.29, 0.717) is 18.8 Å². The summed E-state index contributed by atoms with van der Waals surface area (Å²) >= 11 is 3.46. The van der Waals surface area contributed by atoms with Crippen molar-refractivity contribution in [2.75, 3.05) is 13.2 Å². The van der Waals surface area contributed by atoms with Gasteiger partial charge in [0, 0.05) is 17.6 Å². The minimum atomic E-state index is -0.602. The second-order valence-electron chi connectivity index (χ2n) is 7.11. The molecule has 0 saturated heterocycles. The number of carbonyl (C=O) groups excluding carboxylic acids is 2. The molecule has 0 fully saturated rings. The van der Waals surface area contributed by atoms with Gasteiger partial charge in [-0.1, -0.05) is 47.1 Å². The third kappa shape index (κ3) is 6.60. The fourth-order valence-electron chi connectivity index (χ4n) is 2.91. The topological polar surface area (TPSA) is 58.6 Å². The minimum absolute atomic E-state index is 0.121. The molecular formula is C23H29BrN2O3. The average Bonchev–Trinajstić information content (AvgIpc) is 2.70. The molecular weight excluding hydrogens is 432 g/mol. The maximum absolute atomic E-state index is 13.0. The smallest absolute Gasteiger partial charge is 0.261 e. The van der Waals surface area contributed by atoms with Crippen molar-refractivity contribution in [3.8, 4) is 5.75 Å². The van der Waals surface area contributed by atoms with Gasteiger partial charge < -0.3 is 15.0 Å². The maximum atomic E-state index is 13.0. The van der Waals surface area contributed by atoms with E-state index in [2.05, 4.69) is 21.2 Å². The number of aryl methyl sites for hydroxylation is 1. The molecule has 0 aliphatic rings. The monoisotopic (exact) mass is 460 g/mol. The molecule has 2 amide bonds. The van der Waals surface area contributed by atoms with Gasteiger partial charge in [-0.3, -0.25) is 9.59 Å². The highest BCUT2D eigenvalue weighted by Gasteiger charge is 2.26. The van der Waals surface area contributed by atoms with Crippen LogP contribution in [0.5, 0.6) is 5.75 Å². The second kappa shape index (κ2) is 11.0. The Bertz CT molecular complexity index is 854. The Hall–Kier alpha value is -2.34. The molecule has 156 valence electrons. The van der Waals surface area contributed by atoms with Gasteiger partial charge >= 0.3 is 0 Å². The van der Waals surface area contributed by atoms with Gasteiger partial charge in [-0.15, -0.1) is 0 Å². The number of hydrogen-bond donors (Lipinski definition) is 1. The van der Waals surface area contributed by atoms with Crippen LogP contribution >= 0.6 is 15.9 Å². The molecule has 0 aliphatic carbocycles. The Kier molecular flexibility index (Phi) is 8.70. The minimum Gasteiger partial charge on any atom is -0.483 e. The van der Waals surface area contributed by atoms with Crippen LogP contribution in [0, 0.1) is 13.8 Å². The lowest BCUT2D eigenvalue weighted by Gasteiger charge is -2.29. The van der Waals surface area contributed by atoms with Gasteiger partial charge in [0.15, 0.2) is 6.61 Å². The summed E-state index contributed by atoms with van der Waals surface area (Å²) in [6, 6.07) is 12.9. The Morgan fingerprint density at radius 2 is 1.90 bits per heavy atom. The van der Waals surface area contributed by atoms with E-state index in [1.807, 2.05) is 63.2 Å². The van der Waals surface area contributed by atoms with Crippen molar-refractivity contribution in [1.29, 1.82) is 0 Å². The molecule has 1 unspecified atom stereocenters. The zero-order valence-electron chi connectivity index (χ0n) is 17.5. The summed E-state index contributed by atoms with van der Waals surface area (Å²) in [6.45, 7) is 8.51. The Morgan fingerprint density at radius 1 is 1.17 bits per heavy atom. The van der Waals surface area contributed by atoms with Crippen LogP contribution in [-0.4, -0.2) is 35.9 Å². The summed E-state index contributed by atoms with van der Waals surface area (Å²) in [4.78, 5) is 27.1. The van der Waals surface area contributed by atoms with Crippen molar-refractivity contribution >= 4 is 27.7 Å². The molecule has 0 radical (unpaired) electrons.